The molecule has 2 heterocycles. The summed E-state index contributed by atoms with van der Waals surface area (Å²) >= 11 is 0. The van der Waals surface area contributed by atoms with Crippen molar-refractivity contribution in [1.29, 1.82) is 0 Å². The minimum Gasteiger partial charge on any atom is -0.506 e. The fourth-order valence-electron chi connectivity index (χ4n) is 1.94. The van der Waals surface area contributed by atoms with E-state index in [0.29, 0.717) is 11.8 Å². The Morgan fingerprint density at radius 3 is 2.81 bits per heavy atom. The smallest absolute Gasteiger partial charge is 0.138 e. The predicted molar refractivity (Wildman–Crippen MR) is 63.4 cm³/mol. The molecule has 1 aliphatic rings. The SMILES string of the molecule is CCN(Cc1nc(C)ccc1O)C1CNC1. The monoisotopic (exact) mass is 221 g/mol. The molecule has 16 heavy (non-hydrogen) atoms. The Balaban J connectivity index is 2.08. The normalized spacial score (nSPS) is 16.4. The highest BCUT2D eigenvalue weighted by molar-refractivity contribution is 5.27. The highest BCUT2D eigenvalue weighted by atomic mass is 16.3. The third-order valence-electron chi connectivity index (χ3n) is 3.12. The number of aromatic hydroxyl groups is 1. The van der Waals surface area contributed by atoms with Gasteiger partial charge in [0.1, 0.15) is 5.75 Å². The molecule has 0 spiro atoms. The van der Waals surface area contributed by atoms with E-state index < -0.39 is 0 Å². The van der Waals surface area contributed by atoms with E-state index in [1.54, 1.807) is 6.07 Å². The highest BCUT2D eigenvalue weighted by Crippen LogP contribution is 2.18. The van der Waals surface area contributed by atoms with E-state index in [1.807, 2.05) is 13.0 Å². The van der Waals surface area contributed by atoms with Crippen LogP contribution in [-0.4, -0.2) is 40.7 Å². The second-order valence-electron chi connectivity index (χ2n) is 4.29. The quantitative estimate of drug-likeness (QED) is 0.792. The number of nitrogens with zero attached hydrogens (tertiary/aromatic N) is 2. The van der Waals surface area contributed by atoms with Crippen LogP contribution in [0.25, 0.3) is 0 Å². The first-order chi connectivity index (χ1) is 7.70. The zero-order valence-corrected chi connectivity index (χ0v) is 9.90. The lowest BCUT2D eigenvalue weighted by atomic mass is 10.1. The van der Waals surface area contributed by atoms with Crippen LogP contribution >= 0.6 is 0 Å². The minimum atomic E-state index is 0.302. The second kappa shape index (κ2) is 4.80. The summed E-state index contributed by atoms with van der Waals surface area (Å²) in [6, 6.07) is 4.15. The third kappa shape index (κ3) is 2.33. The molecule has 0 aromatic carbocycles. The molecule has 1 aromatic heterocycles. The summed E-state index contributed by atoms with van der Waals surface area (Å²) in [6.07, 6.45) is 0. The van der Waals surface area contributed by atoms with Crippen molar-refractivity contribution in [3.05, 3.63) is 23.5 Å². The molecule has 0 unspecified atom stereocenters. The van der Waals surface area contributed by atoms with Gasteiger partial charge in [-0.05, 0) is 25.6 Å². The summed E-state index contributed by atoms with van der Waals surface area (Å²) in [5, 5.41) is 13.0. The van der Waals surface area contributed by atoms with Crippen LogP contribution in [0.4, 0.5) is 0 Å². The number of hydrogen-bond acceptors (Lipinski definition) is 4. The molecule has 0 bridgehead atoms. The van der Waals surface area contributed by atoms with Gasteiger partial charge in [0.15, 0.2) is 0 Å². The largest absolute Gasteiger partial charge is 0.506 e. The maximum atomic E-state index is 9.75. The summed E-state index contributed by atoms with van der Waals surface area (Å²) in [7, 11) is 0. The van der Waals surface area contributed by atoms with Gasteiger partial charge in [0.05, 0.1) is 5.69 Å². The van der Waals surface area contributed by atoms with E-state index in [2.05, 4.69) is 22.1 Å². The molecule has 0 aliphatic carbocycles. The molecule has 4 nitrogen and oxygen atoms in total. The Labute approximate surface area is 96.3 Å². The van der Waals surface area contributed by atoms with Crippen molar-refractivity contribution in [1.82, 2.24) is 15.2 Å². The molecule has 1 aliphatic heterocycles. The van der Waals surface area contributed by atoms with Crippen LogP contribution in [0.1, 0.15) is 18.3 Å². The first kappa shape index (κ1) is 11.4. The molecule has 2 rings (SSSR count). The Kier molecular flexibility index (Phi) is 3.41. The van der Waals surface area contributed by atoms with Crippen LogP contribution in [0.2, 0.25) is 0 Å². The molecule has 1 aromatic rings. The molecule has 2 N–H and O–H groups in total. The lowest BCUT2D eigenvalue weighted by Crippen LogP contribution is -2.56. The summed E-state index contributed by atoms with van der Waals surface area (Å²) in [4.78, 5) is 6.73. The van der Waals surface area contributed by atoms with Crippen LogP contribution in [0.5, 0.6) is 5.75 Å². The Bertz CT molecular complexity index is 363. The van der Waals surface area contributed by atoms with Crippen molar-refractivity contribution in [3.8, 4) is 5.75 Å². The summed E-state index contributed by atoms with van der Waals surface area (Å²) in [5.41, 5.74) is 1.74. The Hall–Kier alpha value is -1.13. The van der Waals surface area contributed by atoms with Gasteiger partial charge in [-0.25, -0.2) is 0 Å². The van der Waals surface area contributed by atoms with Gasteiger partial charge >= 0.3 is 0 Å². The predicted octanol–water partition coefficient (Wildman–Crippen LogP) is 0.889. The van der Waals surface area contributed by atoms with E-state index in [1.165, 1.54) is 0 Å². The minimum absolute atomic E-state index is 0.302. The topological polar surface area (TPSA) is 48.4 Å². The molecular weight excluding hydrogens is 202 g/mol. The van der Waals surface area contributed by atoms with Crippen LogP contribution in [0.15, 0.2) is 12.1 Å². The first-order valence-corrected chi connectivity index (χ1v) is 5.81. The fourth-order valence-corrected chi connectivity index (χ4v) is 1.94. The molecular formula is C12H19N3O. The number of nitrogens with one attached hydrogen (secondary N) is 1. The highest BCUT2D eigenvalue weighted by Gasteiger charge is 2.24. The Morgan fingerprint density at radius 1 is 1.50 bits per heavy atom. The first-order valence-electron chi connectivity index (χ1n) is 5.81. The molecule has 88 valence electrons. The molecule has 0 atom stereocenters. The van der Waals surface area contributed by atoms with Gasteiger partial charge in [0.25, 0.3) is 0 Å². The Morgan fingerprint density at radius 2 is 2.25 bits per heavy atom. The van der Waals surface area contributed by atoms with Crippen LogP contribution < -0.4 is 5.32 Å². The molecule has 4 heteroatoms. The number of pyridine rings is 1. The van der Waals surface area contributed by atoms with Gasteiger partial charge in [0, 0.05) is 31.4 Å². The van der Waals surface area contributed by atoms with Gasteiger partial charge in [-0.3, -0.25) is 9.88 Å². The maximum Gasteiger partial charge on any atom is 0.138 e. The van der Waals surface area contributed by atoms with Crippen molar-refractivity contribution in [3.63, 3.8) is 0 Å². The van der Waals surface area contributed by atoms with Gasteiger partial charge in [-0.2, -0.15) is 0 Å². The van der Waals surface area contributed by atoms with Crippen LogP contribution in [0, 0.1) is 6.92 Å². The molecule has 1 saturated heterocycles. The zero-order chi connectivity index (χ0) is 11.5. The van der Waals surface area contributed by atoms with Gasteiger partial charge in [-0.1, -0.05) is 6.92 Å². The zero-order valence-electron chi connectivity index (χ0n) is 9.90. The van der Waals surface area contributed by atoms with Crippen molar-refractivity contribution < 1.29 is 5.11 Å². The van der Waals surface area contributed by atoms with Crippen molar-refractivity contribution in [2.75, 3.05) is 19.6 Å². The molecule has 1 fully saturated rings. The second-order valence-corrected chi connectivity index (χ2v) is 4.29. The molecule has 0 amide bonds. The fraction of sp³-hybridized carbons (Fsp3) is 0.583. The molecule has 0 radical (unpaired) electrons. The van der Waals surface area contributed by atoms with E-state index in [-0.39, 0.29) is 0 Å². The van der Waals surface area contributed by atoms with E-state index in [0.717, 1.165) is 37.6 Å². The summed E-state index contributed by atoms with van der Waals surface area (Å²) in [6.45, 7) is 7.90. The van der Waals surface area contributed by atoms with E-state index >= 15 is 0 Å². The lowest BCUT2D eigenvalue weighted by molar-refractivity contribution is 0.142. The molecule has 0 saturated carbocycles. The number of hydrogen-bond donors (Lipinski definition) is 2. The van der Waals surface area contributed by atoms with E-state index in [9.17, 15) is 5.11 Å². The van der Waals surface area contributed by atoms with Crippen molar-refractivity contribution >= 4 is 0 Å². The van der Waals surface area contributed by atoms with Gasteiger partial charge < -0.3 is 10.4 Å². The third-order valence-corrected chi connectivity index (χ3v) is 3.12. The van der Waals surface area contributed by atoms with Gasteiger partial charge in [0.2, 0.25) is 0 Å². The van der Waals surface area contributed by atoms with Crippen LogP contribution in [-0.2, 0) is 6.54 Å². The average Bonchev–Trinajstić information content (AvgIpc) is 2.19. The number of likely N-dealkylation sites (N-methyl/N-ethyl adjacent to an activating group) is 1. The lowest BCUT2D eigenvalue weighted by Gasteiger charge is -2.37. The average molecular weight is 221 g/mol. The number of aryl methyl sites for hydroxylation is 1. The number of rotatable bonds is 4. The number of aromatic nitrogens is 1. The van der Waals surface area contributed by atoms with Crippen molar-refractivity contribution in [2.24, 2.45) is 0 Å². The van der Waals surface area contributed by atoms with Crippen LogP contribution in [0.3, 0.4) is 0 Å². The summed E-state index contributed by atoms with van der Waals surface area (Å²) in [5.74, 6) is 0.302. The van der Waals surface area contributed by atoms with Gasteiger partial charge in [-0.15, -0.1) is 0 Å². The van der Waals surface area contributed by atoms with E-state index in [4.69, 9.17) is 0 Å². The maximum absolute atomic E-state index is 9.75. The summed E-state index contributed by atoms with van der Waals surface area (Å²) < 4.78 is 0. The standard InChI is InChI=1S/C12H19N3O/c1-3-15(10-6-13-7-10)8-11-12(16)5-4-9(2)14-11/h4-5,10,13,16H,3,6-8H2,1-2H3. The van der Waals surface area contributed by atoms with Crippen molar-refractivity contribution in [2.45, 2.75) is 26.4 Å².